The lowest BCUT2D eigenvalue weighted by Crippen LogP contribution is -2.46. The Morgan fingerprint density at radius 1 is 1.35 bits per heavy atom. The molecule has 2 atom stereocenters. The van der Waals surface area contributed by atoms with Crippen LogP contribution >= 0.6 is 0 Å². The fraction of sp³-hybridized carbons (Fsp3) is 0.562. The summed E-state index contributed by atoms with van der Waals surface area (Å²) in [5.41, 5.74) is 0.817. The third-order valence-electron chi connectivity index (χ3n) is 4.00. The minimum Gasteiger partial charge on any atom is -0.445 e. The fourth-order valence-corrected chi connectivity index (χ4v) is 2.68. The van der Waals surface area contributed by atoms with Gasteiger partial charge in [0.05, 0.1) is 6.10 Å². The van der Waals surface area contributed by atoms with Gasteiger partial charge < -0.3 is 15.2 Å². The molecule has 0 saturated heterocycles. The lowest BCUT2D eigenvalue weighted by atomic mass is 9.73. The number of carbonyl (C=O) groups excluding carboxylic acids is 1. The molecule has 2 rings (SSSR count). The van der Waals surface area contributed by atoms with Crippen molar-refractivity contribution in [3.8, 4) is 0 Å². The van der Waals surface area contributed by atoms with Crippen molar-refractivity contribution in [2.45, 2.75) is 51.9 Å². The zero-order valence-electron chi connectivity index (χ0n) is 12.1. The molecule has 20 heavy (non-hydrogen) atoms. The highest BCUT2D eigenvalue weighted by Gasteiger charge is 2.36. The molecule has 0 spiro atoms. The van der Waals surface area contributed by atoms with E-state index in [1.54, 1.807) is 0 Å². The number of hydrogen-bond acceptors (Lipinski definition) is 3. The number of carbonyl (C=O) groups is 1. The molecular formula is C16H23NO3. The Bertz CT molecular complexity index is 444. The van der Waals surface area contributed by atoms with Crippen molar-refractivity contribution in [2.24, 2.45) is 5.41 Å². The summed E-state index contributed by atoms with van der Waals surface area (Å²) >= 11 is 0. The van der Waals surface area contributed by atoms with Crippen LogP contribution in [0.3, 0.4) is 0 Å². The average molecular weight is 277 g/mol. The van der Waals surface area contributed by atoms with Crippen molar-refractivity contribution in [2.75, 3.05) is 0 Å². The molecule has 1 saturated carbocycles. The molecule has 1 aliphatic rings. The van der Waals surface area contributed by atoms with Crippen LogP contribution in [0.25, 0.3) is 0 Å². The van der Waals surface area contributed by atoms with Gasteiger partial charge in [-0.25, -0.2) is 4.79 Å². The predicted molar refractivity (Wildman–Crippen MR) is 77.2 cm³/mol. The van der Waals surface area contributed by atoms with Crippen molar-refractivity contribution >= 4 is 6.09 Å². The molecule has 4 heteroatoms. The highest BCUT2D eigenvalue weighted by atomic mass is 16.5. The van der Waals surface area contributed by atoms with E-state index < -0.39 is 0 Å². The topological polar surface area (TPSA) is 58.6 Å². The zero-order chi connectivity index (χ0) is 14.6. The van der Waals surface area contributed by atoms with Gasteiger partial charge >= 0.3 is 6.09 Å². The summed E-state index contributed by atoms with van der Waals surface area (Å²) in [7, 11) is 0. The molecule has 1 amide bonds. The van der Waals surface area contributed by atoms with Gasteiger partial charge in [0.15, 0.2) is 0 Å². The van der Waals surface area contributed by atoms with E-state index in [0.29, 0.717) is 0 Å². The Labute approximate surface area is 120 Å². The minimum absolute atomic E-state index is 0.0803. The summed E-state index contributed by atoms with van der Waals surface area (Å²) in [6.45, 7) is 4.34. The monoisotopic (exact) mass is 277 g/mol. The van der Waals surface area contributed by atoms with E-state index in [2.05, 4.69) is 5.32 Å². The molecular weight excluding hydrogens is 254 g/mol. The molecule has 2 N–H and O–H groups in total. The lowest BCUT2D eigenvalue weighted by molar-refractivity contribution is 0.00101. The maximum Gasteiger partial charge on any atom is 0.407 e. The van der Waals surface area contributed by atoms with Gasteiger partial charge in [-0.2, -0.15) is 0 Å². The van der Waals surface area contributed by atoms with E-state index in [0.717, 1.165) is 24.8 Å². The Hall–Kier alpha value is -1.55. The summed E-state index contributed by atoms with van der Waals surface area (Å²) in [6, 6.07) is 9.69. The minimum atomic E-state index is -0.383. The van der Waals surface area contributed by atoms with Gasteiger partial charge in [-0.1, -0.05) is 44.2 Å². The van der Waals surface area contributed by atoms with Gasteiger partial charge in [0.2, 0.25) is 0 Å². The van der Waals surface area contributed by atoms with E-state index in [1.807, 2.05) is 44.2 Å². The van der Waals surface area contributed by atoms with Crippen LogP contribution in [0.1, 0.15) is 38.7 Å². The molecule has 1 aromatic carbocycles. The first kappa shape index (κ1) is 14.9. The maximum absolute atomic E-state index is 11.8. The molecule has 0 bridgehead atoms. The largest absolute Gasteiger partial charge is 0.445 e. The van der Waals surface area contributed by atoms with Crippen LogP contribution in [0.4, 0.5) is 4.79 Å². The lowest BCUT2D eigenvalue weighted by Gasteiger charge is -2.39. The molecule has 0 heterocycles. The Balaban J connectivity index is 1.77. The average Bonchev–Trinajstić information content (AvgIpc) is 2.41. The first-order chi connectivity index (χ1) is 9.47. The quantitative estimate of drug-likeness (QED) is 0.893. The van der Waals surface area contributed by atoms with Crippen molar-refractivity contribution in [3.05, 3.63) is 35.9 Å². The second-order valence-corrected chi connectivity index (χ2v) is 6.19. The predicted octanol–water partition coefficient (Wildman–Crippen LogP) is 2.85. The van der Waals surface area contributed by atoms with Gasteiger partial charge in [0, 0.05) is 6.04 Å². The molecule has 0 aliphatic heterocycles. The number of ether oxygens (including phenoxy) is 1. The van der Waals surface area contributed by atoms with E-state index in [4.69, 9.17) is 4.74 Å². The Morgan fingerprint density at radius 3 is 2.70 bits per heavy atom. The number of aliphatic hydroxyl groups is 1. The van der Waals surface area contributed by atoms with Crippen LogP contribution in [0.15, 0.2) is 30.3 Å². The van der Waals surface area contributed by atoms with Crippen LogP contribution in [-0.2, 0) is 11.3 Å². The molecule has 1 fully saturated rings. The summed E-state index contributed by atoms with van der Waals surface area (Å²) in [6.07, 6.45) is 1.61. The molecule has 0 radical (unpaired) electrons. The second-order valence-electron chi connectivity index (χ2n) is 6.19. The Kier molecular flexibility index (Phi) is 4.65. The van der Waals surface area contributed by atoms with E-state index in [9.17, 15) is 9.90 Å². The summed E-state index contributed by atoms with van der Waals surface area (Å²) in [5, 5.41) is 12.8. The highest BCUT2D eigenvalue weighted by molar-refractivity contribution is 5.67. The van der Waals surface area contributed by atoms with Gasteiger partial charge in [0.25, 0.3) is 0 Å². The first-order valence-corrected chi connectivity index (χ1v) is 7.13. The summed E-state index contributed by atoms with van der Waals surface area (Å²) in [5.74, 6) is 0. The van der Waals surface area contributed by atoms with E-state index >= 15 is 0 Å². The summed E-state index contributed by atoms with van der Waals surface area (Å²) in [4.78, 5) is 11.8. The molecule has 0 aromatic heterocycles. The SMILES string of the molecule is CC1(C)C[C@H](NC(=O)OCc2ccccc2)CC[C@@H]1O. The number of hydrogen-bond donors (Lipinski definition) is 2. The van der Waals surface area contributed by atoms with Gasteiger partial charge in [0.1, 0.15) is 6.61 Å². The van der Waals surface area contributed by atoms with Crippen LogP contribution in [0, 0.1) is 5.41 Å². The van der Waals surface area contributed by atoms with E-state index in [1.165, 1.54) is 0 Å². The second kappa shape index (κ2) is 6.27. The first-order valence-electron chi connectivity index (χ1n) is 7.13. The Morgan fingerprint density at radius 2 is 2.05 bits per heavy atom. The number of benzene rings is 1. The van der Waals surface area contributed by atoms with Crippen molar-refractivity contribution in [1.29, 1.82) is 0 Å². The third-order valence-corrected chi connectivity index (χ3v) is 4.00. The van der Waals surface area contributed by atoms with Crippen LogP contribution in [-0.4, -0.2) is 23.3 Å². The van der Waals surface area contributed by atoms with Crippen LogP contribution < -0.4 is 5.32 Å². The van der Waals surface area contributed by atoms with Gasteiger partial charge in [-0.3, -0.25) is 0 Å². The van der Waals surface area contributed by atoms with E-state index in [-0.39, 0.29) is 30.3 Å². The maximum atomic E-state index is 11.8. The number of alkyl carbamates (subject to hydrolysis) is 1. The van der Waals surface area contributed by atoms with Crippen molar-refractivity contribution < 1.29 is 14.6 Å². The van der Waals surface area contributed by atoms with Crippen LogP contribution in [0.2, 0.25) is 0 Å². The number of aliphatic hydroxyl groups excluding tert-OH is 1. The zero-order valence-corrected chi connectivity index (χ0v) is 12.1. The smallest absolute Gasteiger partial charge is 0.407 e. The molecule has 0 unspecified atom stereocenters. The molecule has 1 aliphatic carbocycles. The normalized spacial score (nSPS) is 24.9. The number of amides is 1. The molecule has 4 nitrogen and oxygen atoms in total. The third kappa shape index (κ3) is 3.97. The molecule has 110 valence electrons. The van der Waals surface area contributed by atoms with Crippen molar-refractivity contribution in [1.82, 2.24) is 5.32 Å². The summed E-state index contributed by atoms with van der Waals surface area (Å²) < 4.78 is 5.21. The number of rotatable bonds is 3. The fourth-order valence-electron chi connectivity index (χ4n) is 2.68. The molecule has 1 aromatic rings. The van der Waals surface area contributed by atoms with Gasteiger partial charge in [-0.15, -0.1) is 0 Å². The standard InChI is InChI=1S/C16H23NO3/c1-16(2)10-13(8-9-14(16)18)17-15(19)20-11-12-6-4-3-5-7-12/h3-7,13-14,18H,8-11H2,1-2H3,(H,17,19)/t13-,14+/m1/s1. The van der Waals surface area contributed by atoms with Crippen molar-refractivity contribution in [3.63, 3.8) is 0 Å². The van der Waals surface area contributed by atoms with Crippen LogP contribution in [0.5, 0.6) is 0 Å². The van der Waals surface area contributed by atoms with Gasteiger partial charge in [-0.05, 0) is 30.2 Å². The number of nitrogens with one attached hydrogen (secondary N) is 1. The highest BCUT2D eigenvalue weighted by Crippen LogP contribution is 2.35.